The monoisotopic (exact) mass is 461 g/mol. The van der Waals surface area contributed by atoms with Gasteiger partial charge in [0.15, 0.2) is 5.78 Å². The first kappa shape index (κ1) is 22.5. The van der Waals surface area contributed by atoms with E-state index < -0.39 is 0 Å². The molecule has 0 amide bonds. The lowest BCUT2D eigenvalue weighted by Gasteiger charge is -2.07. The number of pyridine rings is 2. The molecule has 0 saturated carbocycles. The van der Waals surface area contributed by atoms with Gasteiger partial charge in [0.25, 0.3) is 0 Å². The fourth-order valence-electron chi connectivity index (χ4n) is 4.27. The number of benzene rings is 2. The lowest BCUT2D eigenvalue weighted by atomic mass is 10.0. The number of aryl methyl sites for hydroxylation is 2. The number of carbonyl (C=O) groups excluding carboxylic acids is 1. The number of hydrogen-bond acceptors (Lipinski definition) is 5. The number of aromatic nitrogens is 4. The fourth-order valence-corrected chi connectivity index (χ4v) is 4.27. The van der Waals surface area contributed by atoms with Gasteiger partial charge in [0.05, 0.1) is 12.7 Å². The van der Waals surface area contributed by atoms with E-state index in [-0.39, 0.29) is 5.78 Å². The number of ketones is 1. The molecule has 0 aliphatic rings. The first-order valence-electron chi connectivity index (χ1n) is 11.7. The Labute approximate surface area is 204 Å². The minimum absolute atomic E-state index is 0.0473. The van der Waals surface area contributed by atoms with E-state index >= 15 is 0 Å². The Morgan fingerprint density at radius 3 is 2.46 bits per heavy atom. The van der Waals surface area contributed by atoms with Crippen LogP contribution in [-0.2, 0) is 19.4 Å². The van der Waals surface area contributed by atoms with Crippen molar-refractivity contribution in [3.8, 4) is 0 Å². The molecule has 5 rings (SSSR count). The van der Waals surface area contributed by atoms with E-state index in [1.54, 1.807) is 12.4 Å². The number of rotatable bonds is 8. The highest BCUT2D eigenvalue weighted by molar-refractivity contribution is 5.95. The quantitative estimate of drug-likeness (QED) is 0.322. The van der Waals surface area contributed by atoms with Crippen LogP contribution in [0.2, 0.25) is 0 Å². The molecule has 0 unspecified atom stereocenters. The zero-order chi connectivity index (χ0) is 24.2. The zero-order valence-electron chi connectivity index (χ0n) is 19.7. The van der Waals surface area contributed by atoms with Gasteiger partial charge in [-0.15, -0.1) is 0 Å². The zero-order valence-corrected chi connectivity index (χ0v) is 19.7. The van der Waals surface area contributed by atoms with Gasteiger partial charge in [0.2, 0.25) is 0 Å². The van der Waals surface area contributed by atoms with E-state index in [2.05, 4.69) is 45.4 Å². The van der Waals surface area contributed by atoms with Gasteiger partial charge in [0, 0.05) is 30.4 Å². The molecule has 3 heterocycles. The highest BCUT2D eigenvalue weighted by Gasteiger charge is 2.10. The minimum atomic E-state index is 0.0473. The number of fused-ring (bicyclic) bond motifs is 1. The Bertz CT molecular complexity index is 1490. The van der Waals surface area contributed by atoms with E-state index in [9.17, 15) is 4.79 Å². The van der Waals surface area contributed by atoms with Crippen molar-refractivity contribution in [3.05, 3.63) is 119 Å². The largest absolute Gasteiger partial charge is 0.383 e. The maximum Gasteiger partial charge on any atom is 0.181 e. The average Bonchev–Trinajstić information content (AvgIpc) is 3.28. The maximum atomic E-state index is 12.9. The van der Waals surface area contributed by atoms with Crippen LogP contribution in [0.4, 0.5) is 5.82 Å². The van der Waals surface area contributed by atoms with Crippen molar-refractivity contribution in [2.45, 2.75) is 32.7 Å². The van der Waals surface area contributed by atoms with Gasteiger partial charge >= 0.3 is 0 Å². The summed E-state index contributed by atoms with van der Waals surface area (Å²) in [6.45, 7) is 2.79. The maximum absolute atomic E-state index is 12.9. The van der Waals surface area contributed by atoms with Crippen molar-refractivity contribution in [1.82, 2.24) is 19.7 Å². The van der Waals surface area contributed by atoms with Gasteiger partial charge in [-0.2, -0.15) is 5.10 Å². The Balaban J connectivity index is 1.21. The third kappa shape index (κ3) is 5.44. The van der Waals surface area contributed by atoms with E-state index in [1.165, 1.54) is 11.1 Å². The average molecular weight is 462 g/mol. The van der Waals surface area contributed by atoms with Crippen molar-refractivity contribution in [3.63, 3.8) is 0 Å². The summed E-state index contributed by atoms with van der Waals surface area (Å²) in [6.07, 6.45) is 9.15. The van der Waals surface area contributed by atoms with Crippen LogP contribution in [0.3, 0.4) is 0 Å². The van der Waals surface area contributed by atoms with Gasteiger partial charge in [0.1, 0.15) is 11.5 Å². The normalized spacial score (nSPS) is 11.1. The van der Waals surface area contributed by atoms with Crippen molar-refractivity contribution in [1.29, 1.82) is 0 Å². The third-order valence-corrected chi connectivity index (χ3v) is 6.15. The number of carbonyl (C=O) groups is 1. The molecule has 0 atom stereocenters. The molecule has 0 bridgehead atoms. The smallest absolute Gasteiger partial charge is 0.181 e. The number of Topliss-reactive ketones (excluding diaryl/α,β-unsaturated/α-hetero) is 1. The summed E-state index contributed by atoms with van der Waals surface area (Å²) >= 11 is 0. The highest BCUT2D eigenvalue weighted by atomic mass is 16.1. The third-order valence-electron chi connectivity index (χ3n) is 6.15. The molecule has 35 heavy (non-hydrogen) atoms. The van der Waals surface area contributed by atoms with Crippen molar-refractivity contribution >= 4 is 22.4 Å². The number of nitrogen functional groups attached to an aromatic ring is 1. The number of nitrogens with two attached hydrogens (primary N) is 1. The van der Waals surface area contributed by atoms with Gasteiger partial charge < -0.3 is 5.73 Å². The summed E-state index contributed by atoms with van der Waals surface area (Å²) in [5.74, 6) is 0.569. The van der Waals surface area contributed by atoms with Gasteiger partial charge in [-0.3, -0.25) is 14.5 Å². The van der Waals surface area contributed by atoms with E-state index in [1.807, 2.05) is 54.3 Å². The van der Waals surface area contributed by atoms with E-state index in [0.717, 1.165) is 40.4 Å². The van der Waals surface area contributed by atoms with E-state index in [0.29, 0.717) is 24.4 Å². The Hall–Kier alpha value is -4.32. The minimum Gasteiger partial charge on any atom is -0.383 e. The molecule has 174 valence electrons. The van der Waals surface area contributed by atoms with Crippen LogP contribution in [0, 0.1) is 6.92 Å². The summed E-state index contributed by atoms with van der Waals surface area (Å²) in [5, 5.41) is 6.32. The Morgan fingerprint density at radius 1 is 0.886 bits per heavy atom. The molecule has 0 aliphatic heterocycles. The standard InChI is InChI=1S/C29H27N5O/c1-20-17-33-34(18-20)19-23-4-2-21(3-5-23)14-24-10-12-31-27(16-24)28(35)9-7-22-6-8-26-25(15-22)11-13-32-29(26)30/h2-6,8,10-13,15-18H,7,9,14,19H2,1H3,(H2,30,32). The fraction of sp³-hybridized carbons (Fsp3) is 0.172. The Morgan fingerprint density at radius 2 is 1.66 bits per heavy atom. The van der Waals surface area contributed by atoms with Crippen LogP contribution in [-0.4, -0.2) is 25.5 Å². The second-order valence-electron chi connectivity index (χ2n) is 8.93. The lowest BCUT2D eigenvalue weighted by molar-refractivity contribution is 0.0978. The molecule has 0 radical (unpaired) electrons. The summed E-state index contributed by atoms with van der Waals surface area (Å²) in [5.41, 5.74) is 12.2. The van der Waals surface area contributed by atoms with Crippen LogP contribution in [0.5, 0.6) is 0 Å². The predicted octanol–water partition coefficient (Wildman–Crippen LogP) is 5.17. The van der Waals surface area contributed by atoms with Gasteiger partial charge in [-0.1, -0.05) is 42.5 Å². The first-order valence-corrected chi connectivity index (χ1v) is 11.7. The number of anilines is 1. The van der Waals surface area contributed by atoms with Crippen molar-refractivity contribution in [2.75, 3.05) is 5.73 Å². The molecule has 6 heteroatoms. The Kier molecular flexibility index (Phi) is 6.35. The summed E-state index contributed by atoms with van der Waals surface area (Å²) in [6, 6.07) is 20.4. The second kappa shape index (κ2) is 9.89. The lowest BCUT2D eigenvalue weighted by Crippen LogP contribution is -2.05. The van der Waals surface area contributed by atoms with Crippen LogP contribution in [0.1, 0.15) is 44.7 Å². The van der Waals surface area contributed by atoms with E-state index in [4.69, 9.17) is 5.73 Å². The van der Waals surface area contributed by atoms with Gasteiger partial charge in [-0.25, -0.2) is 4.98 Å². The molecule has 2 N–H and O–H groups in total. The molecule has 2 aromatic carbocycles. The van der Waals surface area contributed by atoms with Crippen molar-refractivity contribution in [2.24, 2.45) is 0 Å². The molecule has 5 aromatic rings. The molecule has 6 nitrogen and oxygen atoms in total. The summed E-state index contributed by atoms with van der Waals surface area (Å²) in [4.78, 5) is 21.3. The summed E-state index contributed by atoms with van der Waals surface area (Å²) in [7, 11) is 0. The summed E-state index contributed by atoms with van der Waals surface area (Å²) < 4.78 is 1.94. The molecule has 0 aliphatic carbocycles. The van der Waals surface area contributed by atoms with Gasteiger partial charge in [-0.05, 0) is 71.2 Å². The predicted molar refractivity (Wildman–Crippen MR) is 138 cm³/mol. The van der Waals surface area contributed by atoms with Crippen LogP contribution in [0.15, 0.2) is 85.5 Å². The molecule has 0 spiro atoms. The first-order chi connectivity index (χ1) is 17.0. The molecular weight excluding hydrogens is 434 g/mol. The second-order valence-corrected chi connectivity index (χ2v) is 8.93. The molecule has 0 saturated heterocycles. The van der Waals surface area contributed by atoms with Crippen molar-refractivity contribution < 1.29 is 4.79 Å². The molecule has 0 fully saturated rings. The van der Waals surface area contributed by atoms with Crippen LogP contribution >= 0.6 is 0 Å². The number of hydrogen-bond donors (Lipinski definition) is 1. The van der Waals surface area contributed by atoms with Crippen LogP contribution < -0.4 is 5.73 Å². The number of nitrogens with zero attached hydrogens (tertiary/aromatic N) is 4. The topological polar surface area (TPSA) is 86.7 Å². The molecular formula is C29H27N5O. The SMILES string of the molecule is Cc1cnn(Cc2ccc(Cc3ccnc(C(=O)CCc4ccc5c(N)nccc5c4)c3)cc2)c1. The molecule has 3 aromatic heterocycles. The van der Waals surface area contributed by atoms with Crippen LogP contribution in [0.25, 0.3) is 10.8 Å². The highest BCUT2D eigenvalue weighted by Crippen LogP contribution is 2.21.